The van der Waals surface area contributed by atoms with E-state index in [2.05, 4.69) is 4.98 Å². The third kappa shape index (κ3) is 5.32. The molecule has 0 fully saturated rings. The van der Waals surface area contributed by atoms with Crippen LogP contribution in [0.15, 0.2) is 24.5 Å². The molecule has 0 unspecified atom stereocenters. The molecule has 0 saturated carbocycles. The van der Waals surface area contributed by atoms with E-state index in [0.29, 0.717) is 12.1 Å². The van der Waals surface area contributed by atoms with Gasteiger partial charge in [-0.25, -0.2) is 10.3 Å². The second-order valence-corrected chi connectivity index (χ2v) is 3.35. The molecular formula is C10H15BN2O4. The fraction of sp³-hybridized carbons (Fsp3) is 0.400. The zero-order valence-corrected chi connectivity index (χ0v) is 9.63. The number of pyridine rings is 1. The predicted octanol–water partition coefficient (Wildman–Crippen LogP) is 0.227. The van der Waals surface area contributed by atoms with E-state index in [1.807, 2.05) is 12.4 Å². The van der Waals surface area contributed by atoms with Crippen molar-refractivity contribution < 1.29 is 19.3 Å². The van der Waals surface area contributed by atoms with Gasteiger partial charge in [0.1, 0.15) is 0 Å². The number of carbonyl (C=O) groups is 1. The first-order valence-electron chi connectivity index (χ1n) is 5.40. The topological polar surface area (TPSA) is 80.7 Å². The van der Waals surface area contributed by atoms with E-state index in [0.717, 1.165) is 12.8 Å². The van der Waals surface area contributed by atoms with Crippen LogP contribution < -0.4 is 10.9 Å². The number of hydrogen-bond acceptors (Lipinski definition) is 5. The van der Waals surface area contributed by atoms with Crippen molar-refractivity contribution in [3.05, 3.63) is 24.5 Å². The maximum atomic E-state index is 11.1. The van der Waals surface area contributed by atoms with Crippen molar-refractivity contribution in [3.8, 4) is 0 Å². The molecule has 0 aromatic carbocycles. The van der Waals surface area contributed by atoms with Crippen molar-refractivity contribution >= 4 is 18.7 Å². The lowest BCUT2D eigenvalue weighted by Crippen LogP contribution is -2.41. The average molecular weight is 238 g/mol. The summed E-state index contributed by atoms with van der Waals surface area (Å²) in [5, 5.41) is 9.51. The van der Waals surface area contributed by atoms with Crippen molar-refractivity contribution in [2.75, 3.05) is 6.61 Å². The van der Waals surface area contributed by atoms with Gasteiger partial charge in [-0.1, -0.05) is 19.4 Å². The molecule has 7 heteroatoms. The molecule has 1 heterocycles. The molecule has 1 rings (SSSR count). The predicted molar refractivity (Wildman–Crippen MR) is 62.3 cm³/mol. The maximum Gasteiger partial charge on any atom is 0.516 e. The highest BCUT2D eigenvalue weighted by atomic mass is 16.7. The van der Waals surface area contributed by atoms with E-state index in [4.69, 9.17) is 9.49 Å². The summed E-state index contributed by atoms with van der Waals surface area (Å²) in [6.07, 6.45) is 4.02. The molecule has 0 aliphatic heterocycles. The average Bonchev–Trinajstić information content (AvgIpc) is 2.37. The molecule has 0 saturated heterocycles. The van der Waals surface area contributed by atoms with Gasteiger partial charge in [-0.3, -0.25) is 9.74 Å². The molecule has 1 aromatic rings. The highest BCUT2D eigenvalue weighted by Crippen LogP contribution is 1.89. The van der Waals surface area contributed by atoms with Crippen LogP contribution in [0, 0.1) is 0 Å². The summed E-state index contributed by atoms with van der Waals surface area (Å²) in [6, 6.07) is 3.28. The summed E-state index contributed by atoms with van der Waals surface area (Å²) in [7, 11) is -1.26. The van der Waals surface area contributed by atoms with Crippen LogP contribution in [0.1, 0.15) is 19.8 Å². The van der Waals surface area contributed by atoms with Crippen LogP contribution in [0.5, 0.6) is 0 Å². The fourth-order valence-corrected chi connectivity index (χ4v) is 1.03. The SMILES string of the molecule is CCCCOC(=O)NOB(O)c1cccnc1. The number of aromatic nitrogens is 1. The van der Waals surface area contributed by atoms with Gasteiger partial charge in [-0.15, -0.1) is 0 Å². The van der Waals surface area contributed by atoms with Gasteiger partial charge in [-0.05, 0) is 12.5 Å². The number of nitrogens with one attached hydrogen (secondary N) is 1. The zero-order valence-electron chi connectivity index (χ0n) is 9.63. The summed E-state index contributed by atoms with van der Waals surface area (Å²) >= 11 is 0. The number of rotatable bonds is 6. The fourth-order valence-electron chi connectivity index (χ4n) is 1.03. The molecule has 0 bridgehead atoms. The third-order valence-electron chi connectivity index (χ3n) is 1.95. The van der Waals surface area contributed by atoms with E-state index in [9.17, 15) is 9.82 Å². The molecule has 1 amide bonds. The smallest absolute Gasteiger partial charge is 0.448 e. The first-order valence-corrected chi connectivity index (χ1v) is 5.40. The molecule has 6 nitrogen and oxygen atoms in total. The van der Waals surface area contributed by atoms with E-state index >= 15 is 0 Å². The monoisotopic (exact) mass is 238 g/mol. The van der Waals surface area contributed by atoms with E-state index in [1.165, 1.54) is 6.20 Å². The minimum Gasteiger partial charge on any atom is -0.448 e. The van der Waals surface area contributed by atoms with Crippen molar-refractivity contribution in [3.63, 3.8) is 0 Å². The highest BCUT2D eigenvalue weighted by Gasteiger charge is 2.18. The number of carbonyl (C=O) groups excluding carboxylic acids is 1. The summed E-state index contributed by atoms with van der Waals surface area (Å²) in [5.74, 6) is 0. The Morgan fingerprint density at radius 1 is 1.65 bits per heavy atom. The Balaban J connectivity index is 2.24. The van der Waals surface area contributed by atoms with E-state index in [-0.39, 0.29) is 0 Å². The van der Waals surface area contributed by atoms with E-state index < -0.39 is 13.2 Å². The Kier molecular flexibility index (Phi) is 6.05. The second-order valence-electron chi connectivity index (χ2n) is 3.35. The van der Waals surface area contributed by atoms with Crippen LogP contribution in [0.3, 0.4) is 0 Å². The maximum absolute atomic E-state index is 11.1. The normalized spacial score (nSPS) is 9.76. The first-order chi connectivity index (χ1) is 8.24. The summed E-state index contributed by atoms with van der Waals surface area (Å²) < 4.78 is 9.48. The van der Waals surface area contributed by atoms with Crippen LogP contribution in [-0.2, 0) is 9.49 Å². The number of hydrogen-bond donors (Lipinski definition) is 2. The van der Waals surface area contributed by atoms with Gasteiger partial charge in [-0.2, -0.15) is 0 Å². The molecule has 2 N–H and O–H groups in total. The van der Waals surface area contributed by atoms with Crippen LogP contribution >= 0.6 is 0 Å². The Morgan fingerprint density at radius 2 is 2.47 bits per heavy atom. The molecule has 0 aliphatic carbocycles. The van der Waals surface area contributed by atoms with Crippen molar-refractivity contribution in [2.45, 2.75) is 19.8 Å². The molecule has 1 aromatic heterocycles. The van der Waals surface area contributed by atoms with Crippen LogP contribution in [-0.4, -0.2) is 29.8 Å². The lowest BCUT2D eigenvalue weighted by molar-refractivity contribution is 0.0908. The summed E-state index contributed by atoms with van der Waals surface area (Å²) in [6.45, 7) is 2.32. The zero-order chi connectivity index (χ0) is 12.5. The van der Waals surface area contributed by atoms with Crippen LogP contribution in [0.2, 0.25) is 0 Å². The number of nitrogens with zero attached hydrogens (tertiary/aromatic N) is 1. The van der Waals surface area contributed by atoms with Gasteiger partial charge >= 0.3 is 13.2 Å². The van der Waals surface area contributed by atoms with Gasteiger partial charge in [0.2, 0.25) is 0 Å². The third-order valence-corrected chi connectivity index (χ3v) is 1.95. The quantitative estimate of drug-likeness (QED) is 0.421. The number of amides is 1. The second kappa shape index (κ2) is 7.64. The molecule has 92 valence electrons. The largest absolute Gasteiger partial charge is 0.516 e. The Bertz CT molecular complexity index is 336. The van der Waals surface area contributed by atoms with Crippen molar-refractivity contribution in [2.24, 2.45) is 0 Å². The minimum absolute atomic E-state index is 0.328. The molecular weight excluding hydrogens is 223 g/mol. The molecule has 0 spiro atoms. The number of hydroxylamine groups is 1. The summed E-state index contributed by atoms with van der Waals surface area (Å²) in [5.41, 5.74) is 2.45. The summed E-state index contributed by atoms with van der Waals surface area (Å²) in [4.78, 5) is 14.9. The lowest BCUT2D eigenvalue weighted by Gasteiger charge is -2.09. The van der Waals surface area contributed by atoms with Gasteiger partial charge in [0, 0.05) is 17.9 Å². The van der Waals surface area contributed by atoms with Crippen molar-refractivity contribution in [1.29, 1.82) is 0 Å². The number of unbranched alkanes of at least 4 members (excludes halogenated alkanes) is 1. The Hall–Kier alpha value is -1.60. The highest BCUT2D eigenvalue weighted by molar-refractivity contribution is 6.59. The molecule has 0 atom stereocenters. The van der Waals surface area contributed by atoms with Gasteiger partial charge in [0.15, 0.2) is 0 Å². The van der Waals surface area contributed by atoms with E-state index in [1.54, 1.807) is 18.3 Å². The Morgan fingerprint density at radius 3 is 3.12 bits per heavy atom. The molecule has 0 radical (unpaired) electrons. The molecule has 17 heavy (non-hydrogen) atoms. The van der Waals surface area contributed by atoms with Crippen LogP contribution in [0.4, 0.5) is 4.79 Å². The van der Waals surface area contributed by atoms with Crippen LogP contribution in [0.25, 0.3) is 0 Å². The van der Waals surface area contributed by atoms with Gasteiger partial charge in [0.05, 0.1) is 6.61 Å². The van der Waals surface area contributed by atoms with Crippen molar-refractivity contribution in [1.82, 2.24) is 10.5 Å². The first kappa shape index (κ1) is 13.5. The Labute approximate surface area is 100 Å². The van der Waals surface area contributed by atoms with Gasteiger partial charge in [0.25, 0.3) is 0 Å². The molecule has 0 aliphatic rings. The van der Waals surface area contributed by atoms with Gasteiger partial charge < -0.3 is 9.76 Å². The number of ether oxygens (including phenoxy) is 1. The lowest BCUT2D eigenvalue weighted by atomic mass is 9.81. The minimum atomic E-state index is -1.26. The standard InChI is InChI=1S/C10H15BN2O4/c1-2-3-7-16-10(14)13-17-11(15)9-5-4-6-12-8-9/h4-6,8,15H,2-3,7H2,1H3,(H,13,14).